The molecule has 3 rings (SSSR count). The van der Waals surface area contributed by atoms with Crippen molar-refractivity contribution in [2.75, 3.05) is 6.61 Å². The maximum Gasteiger partial charge on any atom is 0.352 e. The van der Waals surface area contributed by atoms with Crippen molar-refractivity contribution in [1.82, 2.24) is 0 Å². The summed E-state index contributed by atoms with van der Waals surface area (Å²) < 4.78 is 17.2. The summed E-state index contributed by atoms with van der Waals surface area (Å²) in [6, 6.07) is 13.8. The first-order valence-corrected chi connectivity index (χ1v) is 11.5. The highest BCUT2D eigenvalue weighted by molar-refractivity contribution is 5.81. The predicted molar refractivity (Wildman–Crippen MR) is 120 cm³/mol. The van der Waals surface area contributed by atoms with Gasteiger partial charge >= 0.3 is 5.97 Å². The molecule has 0 N–H and O–H groups in total. The number of carbonyl (C=O) groups excluding carboxylic acids is 1. The molecule has 0 saturated heterocycles. The Morgan fingerprint density at radius 2 is 1.50 bits per heavy atom. The van der Waals surface area contributed by atoms with Gasteiger partial charge in [-0.05, 0) is 54.7 Å². The third-order valence-corrected chi connectivity index (χ3v) is 5.46. The summed E-state index contributed by atoms with van der Waals surface area (Å²) in [5.41, 5.74) is 2.04. The van der Waals surface area contributed by atoms with Gasteiger partial charge in [0.25, 0.3) is 0 Å². The molecule has 1 aliphatic heterocycles. The molecule has 4 nitrogen and oxygen atoms in total. The van der Waals surface area contributed by atoms with Crippen LogP contribution in [0, 0.1) is 0 Å². The van der Waals surface area contributed by atoms with Gasteiger partial charge in [-0.25, -0.2) is 4.79 Å². The number of fused-ring (bicyclic) bond motifs is 1. The summed E-state index contributed by atoms with van der Waals surface area (Å²) in [5, 5.41) is 0. The average molecular weight is 411 g/mol. The van der Waals surface area contributed by atoms with Crippen LogP contribution in [0.2, 0.25) is 0 Å². The van der Waals surface area contributed by atoms with Crippen molar-refractivity contribution in [2.24, 2.45) is 0 Å². The molecule has 1 heterocycles. The Kier molecular flexibility index (Phi) is 8.61. The molecule has 0 bridgehead atoms. The summed E-state index contributed by atoms with van der Waals surface area (Å²) >= 11 is 0. The Labute approximate surface area is 180 Å². The zero-order valence-electron chi connectivity index (χ0n) is 18.3. The number of hydrogen-bond donors (Lipinski definition) is 0. The van der Waals surface area contributed by atoms with Gasteiger partial charge in [0.15, 0.2) is 17.6 Å². The molecular weight excluding hydrogens is 376 g/mol. The lowest BCUT2D eigenvalue weighted by Crippen LogP contribution is -2.35. The fourth-order valence-corrected chi connectivity index (χ4v) is 3.62. The van der Waals surface area contributed by atoms with Crippen molar-refractivity contribution in [3.8, 4) is 28.4 Å². The molecular formula is C26H34O4. The van der Waals surface area contributed by atoms with Gasteiger partial charge in [-0.3, -0.25) is 0 Å². The molecule has 0 spiro atoms. The second-order valence-electron chi connectivity index (χ2n) is 7.97. The minimum Gasteiger partial charge on any atom is -0.494 e. The van der Waals surface area contributed by atoms with Gasteiger partial charge in [0.05, 0.1) is 6.61 Å². The van der Waals surface area contributed by atoms with Gasteiger partial charge in [0.1, 0.15) is 5.75 Å². The predicted octanol–water partition coefficient (Wildman–Crippen LogP) is 6.95. The van der Waals surface area contributed by atoms with Crippen molar-refractivity contribution < 1.29 is 19.0 Å². The monoisotopic (exact) mass is 410 g/mol. The maximum absolute atomic E-state index is 12.2. The Morgan fingerprint density at radius 1 is 0.800 bits per heavy atom. The van der Waals surface area contributed by atoms with Crippen LogP contribution in [0.4, 0.5) is 0 Å². The maximum atomic E-state index is 12.2. The second kappa shape index (κ2) is 11.6. The number of ether oxygens (including phenoxy) is 3. The second-order valence-corrected chi connectivity index (χ2v) is 7.97. The van der Waals surface area contributed by atoms with Crippen LogP contribution in [0.15, 0.2) is 42.5 Å². The van der Waals surface area contributed by atoms with Crippen LogP contribution in [-0.2, 0) is 4.79 Å². The average Bonchev–Trinajstić information content (AvgIpc) is 2.77. The van der Waals surface area contributed by atoms with Gasteiger partial charge in [-0.15, -0.1) is 0 Å². The van der Waals surface area contributed by atoms with Crippen molar-refractivity contribution in [1.29, 1.82) is 0 Å². The van der Waals surface area contributed by atoms with Crippen molar-refractivity contribution in [2.45, 2.75) is 77.7 Å². The van der Waals surface area contributed by atoms with E-state index in [9.17, 15) is 4.79 Å². The molecule has 162 valence electrons. The van der Waals surface area contributed by atoms with E-state index in [1.807, 2.05) is 42.5 Å². The molecule has 4 heteroatoms. The SMILES string of the molecule is CCCCCCCCOc1ccc(-c2ccc3c(c2)OC(=O)[C@@H](CCCC)O3)cc1. The Bertz CT molecular complexity index is 797. The Morgan fingerprint density at radius 3 is 2.27 bits per heavy atom. The molecule has 0 amide bonds. The minimum atomic E-state index is -0.494. The van der Waals surface area contributed by atoms with Crippen LogP contribution in [0.25, 0.3) is 11.1 Å². The number of hydrogen-bond acceptors (Lipinski definition) is 4. The van der Waals surface area contributed by atoms with E-state index in [0.717, 1.165) is 42.7 Å². The van der Waals surface area contributed by atoms with E-state index in [-0.39, 0.29) is 5.97 Å². The largest absolute Gasteiger partial charge is 0.494 e. The van der Waals surface area contributed by atoms with Crippen LogP contribution >= 0.6 is 0 Å². The Balaban J connectivity index is 1.53. The fraction of sp³-hybridized carbons (Fsp3) is 0.500. The van der Waals surface area contributed by atoms with Crippen molar-refractivity contribution in [3.63, 3.8) is 0 Å². The van der Waals surface area contributed by atoms with E-state index in [2.05, 4.69) is 13.8 Å². The van der Waals surface area contributed by atoms with Crippen LogP contribution < -0.4 is 14.2 Å². The molecule has 0 aliphatic carbocycles. The number of esters is 1. The zero-order chi connectivity index (χ0) is 21.2. The van der Waals surface area contributed by atoms with E-state index in [4.69, 9.17) is 14.2 Å². The molecule has 2 aromatic carbocycles. The number of unbranched alkanes of at least 4 members (excludes halogenated alkanes) is 6. The number of carbonyl (C=O) groups is 1. The molecule has 0 saturated carbocycles. The molecule has 30 heavy (non-hydrogen) atoms. The van der Waals surface area contributed by atoms with Crippen molar-refractivity contribution in [3.05, 3.63) is 42.5 Å². The Hall–Kier alpha value is -2.49. The van der Waals surface area contributed by atoms with Gasteiger partial charge < -0.3 is 14.2 Å². The smallest absolute Gasteiger partial charge is 0.352 e. The van der Waals surface area contributed by atoms with Gasteiger partial charge in [0.2, 0.25) is 0 Å². The summed E-state index contributed by atoms with van der Waals surface area (Å²) in [7, 11) is 0. The van der Waals surface area contributed by atoms with Crippen LogP contribution in [0.1, 0.15) is 71.6 Å². The lowest BCUT2D eigenvalue weighted by molar-refractivity contribution is -0.145. The van der Waals surface area contributed by atoms with Crippen LogP contribution in [0.5, 0.6) is 17.2 Å². The van der Waals surface area contributed by atoms with E-state index in [0.29, 0.717) is 17.9 Å². The van der Waals surface area contributed by atoms with Gasteiger partial charge in [0, 0.05) is 0 Å². The number of benzene rings is 2. The number of rotatable bonds is 12. The molecule has 1 atom stereocenters. The highest BCUT2D eigenvalue weighted by Crippen LogP contribution is 2.37. The summed E-state index contributed by atoms with van der Waals surface area (Å²) in [6.07, 6.45) is 9.72. The summed E-state index contributed by atoms with van der Waals surface area (Å²) in [4.78, 5) is 12.2. The zero-order valence-corrected chi connectivity index (χ0v) is 18.3. The lowest BCUT2D eigenvalue weighted by Gasteiger charge is -2.25. The molecule has 0 unspecified atom stereocenters. The molecule has 0 radical (unpaired) electrons. The van der Waals surface area contributed by atoms with Crippen molar-refractivity contribution >= 4 is 5.97 Å². The summed E-state index contributed by atoms with van der Waals surface area (Å²) in [6.45, 7) is 5.09. The summed E-state index contributed by atoms with van der Waals surface area (Å²) in [5.74, 6) is 1.72. The van der Waals surface area contributed by atoms with E-state index < -0.39 is 6.10 Å². The lowest BCUT2D eigenvalue weighted by atomic mass is 10.0. The first-order chi connectivity index (χ1) is 14.7. The standard InChI is InChI=1S/C26H34O4/c1-3-5-7-8-9-10-18-28-22-15-12-20(13-16-22)21-14-17-23-25(19-21)30-26(27)24(29-23)11-6-4-2/h12-17,19,24H,3-11,18H2,1-2H3/t24-/m1/s1. The van der Waals surface area contributed by atoms with E-state index in [1.165, 1.54) is 32.1 Å². The van der Waals surface area contributed by atoms with Crippen LogP contribution in [0.3, 0.4) is 0 Å². The molecule has 1 aliphatic rings. The minimum absolute atomic E-state index is 0.299. The molecule has 0 fully saturated rings. The molecule has 0 aromatic heterocycles. The first-order valence-electron chi connectivity index (χ1n) is 11.5. The first kappa shape index (κ1) is 22.2. The highest BCUT2D eigenvalue weighted by Gasteiger charge is 2.29. The fourth-order valence-electron chi connectivity index (χ4n) is 3.62. The third kappa shape index (κ3) is 6.25. The third-order valence-electron chi connectivity index (χ3n) is 5.46. The quantitative estimate of drug-likeness (QED) is 0.216. The van der Waals surface area contributed by atoms with Crippen LogP contribution in [-0.4, -0.2) is 18.7 Å². The van der Waals surface area contributed by atoms with Gasteiger partial charge in [-0.2, -0.15) is 0 Å². The topological polar surface area (TPSA) is 44.8 Å². The van der Waals surface area contributed by atoms with Gasteiger partial charge in [-0.1, -0.05) is 70.6 Å². The normalized spacial score (nSPS) is 15.3. The highest BCUT2D eigenvalue weighted by atomic mass is 16.6. The van der Waals surface area contributed by atoms with E-state index in [1.54, 1.807) is 0 Å². The molecule has 2 aromatic rings. The van der Waals surface area contributed by atoms with E-state index >= 15 is 0 Å².